The third-order valence-electron chi connectivity index (χ3n) is 7.34. The fourth-order valence-corrected chi connectivity index (χ4v) is 5.36. The molecule has 0 atom stereocenters. The van der Waals surface area contributed by atoms with Crippen molar-refractivity contribution in [1.29, 1.82) is 5.26 Å². The second kappa shape index (κ2) is 10.4. The van der Waals surface area contributed by atoms with Crippen LogP contribution < -0.4 is 5.76 Å². The quantitative estimate of drug-likeness (QED) is 0.597. The van der Waals surface area contributed by atoms with E-state index in [0.717, 1.165) is 57.2 Å². The molecule has 1 aliphatic carbocycles. The normalized spacial score (nSPS) is 24.9. The van der Waals surface area contributed by atoms with Crippen LogP contribution in [0.3, 0.4) is 0 Å². The summed E-state index contributed by atoms with van der Waals surface area (Å²) in [5.74, 6) is -0.351. The molecule has 2 fully saturated rings. The van der Waals surface area contributed by atoms with Gasteiger partial charge in [-0.05, 0) is 64.0 Å². The number of oxazole rings is 1. The van der Waals surface area contributed by atoms with E-state index in [1.807, 2.05) is 13.0 Å². The van der Waals surface area contributed by atoms with Crippen molar-refractivity contribution in [2.45, 2.75) is 70.1 Å². The third kappa shape index (κ3) is 4.74. The minimum atomic E-state index is -0.351. The van der Waals surface area contributed by atoms with Crippen molar-refractivity contribution in [3.8, 4) is 6.07 Å². The Kier molecular flexibility index (Phi) is 8.05. The molecule has 0 bridgehead atoms. The lowest BCUT2D eigenvalue weighted by atomic mass is 9.79. The molecule has 2 heterocycles. The predicted octanol–water partition coefficient (Wildman–Crippen LogP) is 4.20. The molecule has 0 radical (unpaired) electrons. The highest BCUT2D eigenvalue weighted by Crippen LogP contribution is 2.38. The minimum absolute atomic E-state index is 0. The van der Waals surface area contributed by atoms with Crippen molar-refractivity contribution >= 4 is 23.5 Å². The number of rotatable bonds is 6. The van der Waals surface area contributed by atoms with Gasteiger partial charge in [-0.3, -0.25) is 9.47 Å². The number of aromatic nitrogens is 1. The largest absolute Gasteiger partial charge is 0.420 e. The van der Waals surface area contributed by atoms with Gasteiger partial charge in [0.1, 0.15) is 11.6 Å². The molecule has 8 heteroatoms. The van der Waals surface area contributed by atoms with Crippen molar-refractivity contribution in [3.63, 3.8) is 0 Å². The van der Waals surface area contributed by atoms with Gasteiger partial charge in [0, 0.05) is 31.8 Å². The molecule has 0 spiro atoms. The average molecular weight is 464 g/mol. The molecule has 2 aliphatic rings. The van der Waals surface area contributed by atoms with E-state index in [9.17, 15) is 10.1 Å². The van der Waals surface area contributed by atoms with Crippen LogP contribution in [0.5, 0.6) is 0 Å². The predicted molar refractivity (Wildman–Crippen MR) is 126 cm³/mol. The molecule has 4 rings (SSSR count). The Hall–Kier alpha value is -1.85. The first-order chi connectivity index (χ1) is 15.0. The lowest BCUT2D eigenvalue weighted by Crippen LogP contribution is -2.53. The van der Waals surface area contributed by atoms with Crippen LogP contribution >= 0.6 is 12.4 Å². The fraction of sp³-hybridized carbons (Fsp3) is 0.667. The molecule has 1 saturated heterocycles. The van der Waals surface area contributed by atoms with Gasteiger partial charge in [-0.25, -0.2) is 4.79 Å². The maximum atomic E-state index is 12.7. The van der Waals surface area contributed by atoms with Crippen molar-refractivity contribution in [3.05, 3.63) is 33.8 Å². The number of aryl methyl sites for hydroxylation is 1. The van der Waals surface area contributed by atoms with E-state index < -0.39 is 0 Å². The van der Waals surface area contributed by atoms with Gasteiger partial charge in [0.2, 0.25) is 0 Å². The summed E-state index contributed by atoms with van der Waals surface area (Å²) in [5, 5.41) is 9.65. The lowest BCUT2D eigenvalue weighted by Gasteiger charge is -2.48. The highest BCUT2D eigenvalue weighted by molar-refractivity contribution is 5.85. The second-order valence-electron chi connectivity index (χ2n) is 9.23. The van der Waals surface area contributed by atoms with E-state index in [1.54, 1.807) is 17.7 Å². The number of hydrogen-bond acceptors (Lipinski definition) is 6. The number of nitriles is 1. The van der Waals surface area contributed by atoms with Gasteiger partial charge in [0.05, 0.1) is 24.9 Å². The van der Waals surface area contributed by atoms with Gasteiger partial charge in [-0.2, -0.15) is 5.26 Å². The second-order valence-corrected chi connectivity index (χ2v) is 9.23. The van der Waals surface area contributed by atoms with E-state index >= 15 is 0 Å². The molecule has 0 unspecified atom stereocenters. The number of benzene rings is 1. The molecular formula is C24H34ClN3O4. The topological polar surface area (TPSA) is 80.6 Å². The van der Waals surface area contributed by atoms with Gasteiger partial charge in [-0.1, -0.05) is 6.07 Å². The van der Waals surface area contributed by atoms with Crippen LogP contribution in [0.4, 0.5) is 0 Å². The SMILES string of the molecule is COCCOC1CCC(C)(N2CCC(n3c(=O)oc4ccc(C)c(C#N)c43)CC2)CC1.Cl. The van der Waals surface area contributed by atoms with Gasteiger partial charge < -0.3 is 13.9 Å². The van der Waals surface area contributed by atoms with Gasteiger partial charge >= 0.3 is 5.76 Å². The van der Waals surface area contributed by atoms with E-state index in [2.05, 4.69) is 17.9 Å². The van der Waals surface area contributed by atoms with Crippen molar-refractivity contribution in [2.75, 3.05) is 33.4 Å². The lowest BCUT2D eigenvalue weighted by molar-refractivity contribution is -0.0419. The van der Waals surface area contributed by atoms with Crippen LogP contribution in [-0.4, -0.2) is 54.5 Å². The summed E-state index contributed by atoms with van der Waals surface area (Å²) in [4.78, 5) is 15.3. The number of nitrogens with zero attached hydrogens (tertiary/aromatic N) is 3. The zero-order chi connectivity index (χ0) is 22.0. The summed E-state index contributed by atoms with van der Waals surface area (Å²) in [6.07, 6.45) is 6.52. The smallest absolute Gasteiger partial charge is 0.408 e. The fourth-order valence-electron chi connectivity index (χ4n) is 5.36. The molecule has 2 aromatic rings. The summed E-state index contributed by atoms with van der Waals surface area (Å²) in [7, 11) is 1.70. The minimum Gasteiger partial charge on any atom is -0.408 e. The summed E-state index contributed by atoms with van der Waals surface area (Å²) in [5.41, 5.74) is 2.77. The van der Waals surface area contributed by atoms with Crippen LogP contribution in [0.25, 0.3) is 11.1 Å². The van der Waals surface area contributed by atoms with Crippen LogP contribution in [-0.2, 0) is 9.47 Å². The molecule has 1 saturated carbocycles. The van der Waals surface area contributed by atoms with E-state index in [4.69, 9.17) is 13.9 Å². The number of halogens is 1. The number of fused-ring (bicyclic) bond motifs is 1. The Morgan fingerprint density at radius 2 is 1.88 bits per heavy atom. The molecule has 32 heavy (non-hydrogen) atoms. The maximum Gasteiger partial charge on any atom is 0.420 e. The van der Waals surface area contributed by atoms with E-state index in [-0.39, 0.29) is 29.7 Å². The maximum absolute atomic E-state index is 12.7. The number of ether oxygens (including phenoxy) is 2. The number of likely N-dealkylation sites (tertiary alicyclic amines) is 1. The first kappa shape index (κ1) is 24.8. The van der Waals surface area contributed by atoms with Crippen LogP contribution in [0.2, 0.25) is 0 Å². The molecule has 1 aromatic heterocycles. The highest BCUT2D eigenvalue weighted by atomic mass is 35.5. The number of hydrogen-bond donors (Lipinski definition) is 0. The summed E-state index contributed by atoms with van der Waals surface area (Å²) in [6.45, 7) is 7.48. The Balaban J connectivity index is 0.00000289. The number of methoxy groups -OCH3 is 1. The summed E-state index contributed by atoms with van der Waals surface area (Å²) >= 11 is 0. The first-order valence-electron chi connectivity index (χ1n) is 11.4. The zero-order valence-corrected chi connectivity index (χ0v) is 20.1. The van der Waals surface area contributed by atoms with Gasteiger partial charge in [-0.15, -0.1) is 12.4 Å². The molecule has 1 aromatic carbocycles. The first-order valence-corrected chi connectivity index (χ1v) is 11.4. The molecular weight excluding hydrogens is 430 g/mol. The monoisotopic (exact) mass is 463 g/mol. The zero-order valence-electron chi connectivity index (χ0n) is 19.3. The van der Waals surface area contributed by atoms with E-state index in [1.165, 1.54) is 0 Å². The molecule has 176 valence electrons. The van der Waals surface area contributed by atoms with Crippen LogP contribution in [0.1, 0.15) is 62.6 Å². The van der Waals surface area contributed by atoms with Crippen LogP contribution in [0.15, 0.2) is 21.3 Å². The molecule has 0 amide bonds. The van der Waals surface area contributed by atoms with Crippen molar-refractivity contribution in [1.82, 2.24) is 9.47 Å². The Morgan fingerprint density at radius 1 is 1.19 bits per heavy atom. The summed E-state index contributed by atoms with van der Waals surface area (Å²) < 4.78 is 18.2. The summed E-state index contributed by atoms with van der Waals surface area (Å²) in [6, 6.07) is 5.97. The van der Waals surface area contributed by atoms with Crippen molar-refractivity contribution < 1.29 is 13.9 Å². The Bertz CT molecular complexity index is 1010. The average Bonchev–Trinajstić information content (AvgIpc) is 3.11. The number of piperidine rings is 1. The van der Waals surface area contributed by atoms with Gasteiger partial charge in [0.15, 0.2) is 5.58 Å². The van der Waals surface area contributed by atoms with Gasteiger partial charge in [0.25, 0.3) is 0 Å². The van der Waals surface area contributed by atoms with Crippen molar-refractivity contribution in [2.24, 2.45) is 0 Å². The molecule has 1 aliphatic heterocycles. The molecule has 0 N–H and O–H groups in total. The highest BCUT2D eigenvalue weighted by Gasteiger charge is 2.39. The van der Waals surface area contributed by atoms with E-state index in [0.29, 0.717) is 36.0 Å². The third-order valence-corrected chi connectivity index (χ3v) is 7.34. The Labute approximate surface area is 195 Å². The standard InChI is InChI=1S/C24H33N3O4.ClH/c1-17-4-5-21-22(20(17)16-25)27(23(28)31-21)18-8-12-26(13-9-18)24(2)10-6-19(7-11-24)30-15-14-29-3;/h4-5,18-19H,6-15H2,1-3H3;1H. The Morgan fingerprint density at radius 3 is 2.50 bits per heavy atom. The van der Waals surface area contributed by atoms with Crippen LogP contribution in [0, 0.1) is 18.3 Å². The molecule has 7 nitrogen and oxygen atoms in total.